The van der Waals surface area contributed by atoms with Gasteiger partial charge in [-0.1, -0.05) is 5.16 Å². The molecule has 1 aliphatic carbocycles. The molecule has 6 heterocycles. The van der Waals surface area contributed by atoms with Crippen molar-refractivity contribution in [2.45, 2.75) is 81.8 Å². The van der Waals surface area contributed by atoms with E-state index < -0.39 is 11.6 Å². The van der Waals surface area contributed by atoms with E-state index in [1.807, 2.05) is 6.07 Å². The highest BCUT2D eigenvalue weighted by atomic mass is 32.1. The number of alkyl halides is 1. The molecule has 0 unspecified atom stereocenters. The molecule has 0 aromatic carbocycles. The zero-order chi connectivity index (χ0) is 28.2. The normalized spacial score (nSPS) is 27.9. The summed E-state index contributed by atoms with van der Waals surface area (Å²) in [6.45, 7) is 5.59. The van der Waals surface area contributed by atoms with Crippen LogP contribution in [0.1, 0.15) is 80.2 Å². The number of aromatic nitrogens is 4. The van der Waals surface area contributed by atoms with Crippen LogP contribution in [0.2, 0.25) is 0 Å². The van der Waals surface area contributed by atoms with E-state index in [1.54, 1.807) is 0 Å². The Balaban J connectivity index is 1.22. The van der Waals surface area contributed by atoms with Gasteiger partial charge in [-0.05, 0) is 64.8 Å². The first-order valence-corrected chi connectivity index (χ1v) is 15.5. The first kappa shape index (κ1) is 26.6. The molecule has 3 aromatic rings. The van der Waals surface area contributed by atoms with Crippen LogP contribution in [0.4, 0.5) is 15.2 Å². The minimum absolute atomic E-state index is 0.251. The molecule has 0 spiro atoms. The second-order valence-electron chi connectivity index (χ2n) is 12.2. The molecular formula is C29H35FN8O2S. The fraction of sp³-hybridized carbons (Fsp3) is 0.621. The third-order valence-electron chi connectivity index (χ3n) is 9.48. The van der Waals surface area contributed by atoms with Crippen LogP contribution in [0.5, 0.6) is 6.01 Å². The summed E-state index contributed by atoms with van der Waals surface area (Å²) in [6, 6.07) is 4.45. The van der Waals surface area contributed by atoms with Crippen molar-refractivity contribution in [3.8, 4) is 23.6 Å². The molecule has 4 aliphatic rings. The van der Waals surface area contributed by atoms with Crippen LogP contribution in [0.3, 0.4) is 0 Å². The highest BCUT2D eigenvalue weighted by Crippen LogP contribution is 2.48. The SMILES string of the molecule is C[C@]1(c2nc(-c3cc(N4CCCCC4)nc(OC[C@@]45CCCN4C[C@H](F)C5)n3)no2)CCCc2sc(N)c(C#N)c21. The Morgan fingerprint density at radius 1 is 1.17 bits per heavy atom. The molecule has 0 saturated carbocycles. The van der Waals surface area contributed by atoms with E-state index in [0.717, 1.165) is 80.8 Å². The largest absolute Gasteiger partial charge is 0.461 e. The van der Waals surface area contributed by atoms with Gasteiger partial charge in [-0.2, -0.15) is 20.2 Å². The van der Waals surface area contributed by atoms with Crippen molar-refractivity contribution in [2.24, 2.45) is 0 Å². The molecule has 10 nitrogen and oxygen atoms in total. The van der Waals surface area contributed by atoms with E-state index in [1.165, 1.54) is 17.8 Å². The van der Waals surface area contributed by atoms with Gasteiger partial charge in [0.05, 0.1) is 16.5 Å². The van der Waals surface area contributed by atoms with E-state index in [0.29, 0.717) is 47.5 Å². The van der Waals surface area contributed by atoms with Crippen LogP contribution in [0.15, 0.2) is 10.6 Å². The number of aryl methyl sites for hydroxylation is 1. The molecule has 2 N–H and O–H groups in total. The Hall–Kier alpha value is -3.30. The number of piperidine rings is 1. The van der Waals surface area contributed by atoms with Crippen LogP contribution >= 0.6 is 11.3 Å². The average Bonchev–Trinajstić information content (AvgIpc) is 3.75. The van der Waals surface area contributed by atoms with Crippen molar-refractivity contribution in [3.63, 3.8) is 0 Å². The van der Waals surface area contributed by atoms with Gasteiger partial charge >= 0.3 is 6.01 Å². The fourth-order valence-corrected chi connectivity index (χ4v) is 8.58. The summed E-state index contributed by atoms with van der Waals surface area (Å²) >= 11 is 1.48. The Bertz CT molecular complexity index is 1500. The third kappa shape index (κ3) is 4.54. The minimum Gasteiger partial charge on any atom is -0.461 e. The number of nitrogen functional groups attached to an aromatic ring is 1. The Labute approximate surface area is 242 Å². The van der Waals surface area contributed by atoms with E-state index in [2.05, 4.69) is 27.9 Å². The van der Waals surface area contributed by atoms with Gasteiger partial charge in [0, 0.05) is 42.6 Å². The van der Waals surface area contributed by atoms with Gasteiger partial charge in [0.2, 0.25) is 11.7 Å². The second-order valence-corrected chi connectivity index (χ2v) is 13.3. The van der Waals surface area contributed by atoms with Crippen LogP contribution < -0.4 is 15.4 Å². The molecule has 3 saturated heterocycles. The van der Waals surface area contributed by atoms with Crippen LogP contribution in [-0.2, 0) is 11.8 Å². The summed E-state index contributed by atoms with van der Waals surface area (Å²) in [5.74, 6) is 1.57. The smallest absolute Gasteiger partial charge is 0.319 e. The molecule has 12 heteroatoms. The van der Waals surface area contributed by atoms with E-state index >= 15 is 0 Å². The number of halogens is 1. The summed E-state index contributed by atoms with van der Waals surface area (Å²) in [5, 5.41) is 14.7. The van der Waals surface area contributed by atoms with E-state index in [-0.39, 0.29) is 11.5 Å². The van der Waals surface area contributed by atoms with Crippen molar-refractivity contribution in [3.05, 3.63) is 28.0 Å². The number of fused-ring (bicyclic) bond motifs is 2. The lowest BCUT2D eigenvalue weighted by Gasteiger charge is -2.31. The van der Waals surface area contributed by atoms with Gasteiger partial charge in [-0.15, -0.1) is 11.3 Å². The van der Waals surface area contributed by atoms with Gasteiger partial charge in [0.15, 0.2) is 0 Å². The van der Waals surface area contributed by atoms with Crippen molar-refractivity contribution in [1.29, 1.82) is 5.26 Å². The predicted molar refractivity (Wildman–Crippen MR) is 153 cm³/mol. The first-order valence-electron chi connectivity index (χ1n) is 14.7. The molecule has 41 heavy (non-hydrogen) atoms. The number of nitriles is 1. The predicted octanol–water partition coefficient (Wildman–Crippen LogP) is 4.63. The number of nitrogens with two attached hydrogens (primary N) is 1. The maximum Gasteiger partial charge on any atom is 0.319 e. The van der Waals surface area contributed by atoms with Crippen molar-refractivity contribution >= 4 is 22.2 Å². The molecule has 3 aromatic heterocycles. The minimum atomic E-state index is -0.824. The lowest BCUT2D eigenvalue weighted by Crippen LogP contribution is -2.43. The topological polar surface area (TPSA) is 130 Å². The van der Waals surface area contributed by atoms with Gasteiger partial charge < -0.3 is 19.9 Å². The highest BCUT2D eigenvalue weighted by molar-refractivity contribution is 7.16. The molecule has 0 radical (unpaired) electrons. The van der Waals surface area contributed by atoms with E-state index in [4.69, 9.17) is 29.9 Å². The number of anilines is 2. The van der Waals surface area contributed by atoms with Crippen molar-refractivity contribution in [1.82, 2.24) is 25.0 Å². The maximum atomic E-state index is 14.4. The summed E-state index contributed by atoms with van der Waals surface area (Å²) in [7, 11) is 0. The van der Waals surface area contributed by atoms with E-state index in [9.17, 15) is 9.65 Å². The second kappa shape index (κ2) is 10.2. The number of ether oxygens (including phenoxy) is 1. The number of hydrogen-bond acceptors (Lipinski definition) is 11. The molecule has 3 fully saturated rings. The molecule has 3 aliphatic heterocycles. The van der Waals surface area contributed by atoms with Gasteiger partial charge in [-0.3, -0.25) is 4.90 Å². The third-order valence-corrected chi connectivity index (χ3v) is 10.6. The number of hydrogen-bond donors (Lipinski definition) is 1. The zero-order valence-electron chi connectivity index (χ0n) is 23.4. The molecule has 0 bridgehead atoms. The standard InChI is InChI=1S/C29H35FN8O2S/c1-28(8-5-7-21-23(28)19(15-31)24(32)41-21)26-35-25(36-40-26)20-13-22(37-10-3-2-4-11-37)34-27(33-20)39-17-29-9-6-12-38(29)16-18(30)14-29/h13,18H,2-12,14,16-17,32H2,1H3/t18-,28+,29+/m1/s1. The molecule has 3 atom stereocenters. The van der Waals surface area contributed by atoms with Crippen LogP contribution in [0, 0.1) is 11.3 Å². The quantitative estimate of drug-likeness (QED) is 0.442. The molecule has 216 valence electrons. The Morgan fingerprint density at radius 2 is 2.02 bits per heavy atom. The lowest BCUT2D eigenvalue weighted by molar-refractivity contribution is 0.107. The van der Waals surface area contributed by atoms with Gasteiger partial charge in [-0.25, -0.2) is 4.39 Å². The lowest BCUT2D eigenvalue weighted by atomic mass is 9.72. The summed E-state index contributed by atoms with van der Waals surface area (Å²) in [5.41, 5.74) is 7.25. The fourth-order valence-electron chi connectivity index (χ4n) is 7.39. The Kier molecular flexibility index (Phi) is 6.62. The Morgan fingerprint density at radius 3 is 2.85 bits per heavy atom. The first-order chi connectivity index (χ1) is 19.9. The van der Waals surface area contributed by atoms with Crippen molar-refractivity contribution < 1.29 is 13.7 Å². The van der Waals surface area contributed by atoms with Crippen LogP contribution in [-0.4, -0.2) is 69.5 Å². The summed E-state index contributed by atoms with van der Waals surface area (Å²) in [6.07, 6.45) is 7.63. The average molecular weight is 579 g/mol. The number of thiophene rings is 1. The zero-order valence-corrected chi connectivity index (χ0v) is 24.2. The summed E-state index contributed by atoms with van der Waals surface area (Å²) in [4.78, 5) is 19.9. The highest BCUT2D eigenvalue weighted by Gasteiger charge is 2.49. The van der Waals surface area contributed by atoms with Crippen LogP contribution in [0.25, 0.3) is 11.5 Å². The van der Waals surface area contributed by atoms with Gasteiger partial charge in [0.25, 0.3) is 0 Å². The number of nitrogens with zero attached hydrogens (tertiary/aromatic N) is 7. The molecular weight excluding hydrogens is 543 g/mol. The van der Waals surface area contributed by atoms with Crippen molar-refractivity contribution in [2.75, 3.05) is 43.4 Å². The number of rotatable bonds is 6. The molecule has 0 amide bonds. The molecule has 7 rings (SSSR count). The van der Waals surface area contributed by atoms with Gasteiger partial charge in [0.1, 0.15) is 35.4 Å². The maximum absolute atomic E-state index is 14.4. The monoisotopic (exact) mass is 578 g/mol. The summed E-state index contributed by atoms with van der Waals surface area (Å²) < 4.78 is 26.5.